The first-order valence-electron chi connectivity index (χ1n) is 9.00. The van der Waals surface area contributed by atoms with Gasteiger partial charge in [0.15, 0.2) is 5.82 Å². The molecule has 134 valence electrons. The molecule has 2 aliphatic rings. The van der Waals surface area contributed by atoms with Gasteiger partial charge in [-0.2, -0.15) is 10.1 Å². The van der Waals surface area contributed by atoms with Gasteiger partial charge in [0.2, 0.25) is 5.95 Å². The van der Waals surface area contributed by atoms with Crippen molar-refractivity contribution in [3.63, 3.8) is 0 Å². The van der Waals surface area contributed by atoms with Crippen LogP contribution < -0.4 is 10.2 Å². The molecule has 0 spiro atoms. The van der Waals surface area contributed by atoms with Crippen molar-refractivity contribution in [3.8, 4) is 0 Å². The Labute approximate surface area is 148 Å². The molecule has 25 heavy (non-hydrogen) atoms. The Balaban J connectivity index is 1.44. The predicted molar refractivity (Wildman–Crippen MR) is 97.3 cm³/mol. The fourth-order valence-corrected chi connectivity index (χ4v) is 3.38. The lowest BCUT2D eigenvalue weighted by Crippen LogP contribution is -2.35. The van der Waals surface area contributed by atoms with E-state index in [1.165, 1.54) is 18.5 Å². The van der Waals surface area contributed by atoms with E-state index < -0.39 is 0 Å². The monoisotopic (exact) mass is 342 g/mol. The molecule has 2 N–H and O–H groups in total. The Bertz CT molecular complexity index is 739. The average Bonchev–Trinajstić information content (AvgIpc) is 3.15. The van der Waals surface area contributed by atoms with E-state index in [-0.39, 0.29) is 5.60 Å². The normalized spacial score (nSPS) is 20.9. The van der Waals surface area contributed by atoms with Crippen molar-refractivity contribution in [2.24, 2.45) is 5.92 Å². The molecular weight excluding hydrogens is 316 g/mol. The maximum absolute atomic E-state index is 5.64. The van der Waals surface area contributed by atoms with Crippen molar-refractivity contribution < 1.29 is 4.74 Å². The van der Waals surface area contributed by atoms with Gasteiger partial charge in [0, 0.05) is 50.0 Å². The van der Waals surface area contributed by atoms with Crippen molar-refractivity contribution >= 4 is 17.6 Å². The summed E-state index contributed by atoms with van der Waals surface area (Å²) < 4.78 is 5.64. The SMILES string of the molecule is COC(C)(C)[C@H]1CCN(c2nccc(Nc3cc(C4CC4)[nH]n3)n2)C1. The topological polar surface area (TPSA) is 79.0 Å². The number of aromatic nitrogens is 4. The summed E-state index contributed by atoms with van der Waals surface area (Å²) in [4.78, 5) is 11.4. The number of methoxy groups -OCH3 is 1. The summed E-state index contributed by atoms with van der Waals surface area (Å²) in [6.45, 7) is 6.16. The summed E-state index contributed by atoms with van der Waals surface area (Å²) >= 11 is 0. The molecule has 0 unspecified atom stereocenters. The number of H-pyrrole nitrogens is 1. The fraction of sp³-hybridized carbons (Fsp3) is 0.611. The minimum Gasteiger partial charge on any atom is -0.378 e. The number of nitrogens with zero attached hydrogens (tertiary/aromatic N) is 4. The smallest absolute Gasteiger partial charge is 0.227 e. The molecular formula is C18H26N6O. The van der Waals surface area contributed by atoms with E-state index in [2.05, 4.69) is 50.3 Å². The first-order valence-corrected chi connectivity index (χ1v) is 9.00. The van der Waals surface area contributed by atoms with Crippen LogP contribution in [0.5, 0.6) is 0 Å². The highest BCUT2D eigenvalue weighted by Crippen LogP contribution is 2.39. The van der Waals surface area contributed by atoms with E-state index in [1.807, 2.05) is 6.07 Å². The summed E-state index contributed by atoms with van der Waals surface area (Å²) in [5, 5.41) is 10.7. The molecule has 4 rings (SSSR count). The van der Waals surface area contributed by atoms with Gasteiger partial charge in [0.1, 0.15) is 5.82 Å². The van der Waals surface area contributed by atoms with Crippen molar-refractivity contribution in [2.75, 3.05) is 30.4 Å². The molecule has 0 aromatic carbocycles. The molecule has 0 amide bonds. The van der Waals surface area contributed by atoms with Crippen LogP contribution >= 0.6 is 0 Å². The number of hydrogen-bond donors (Lipinski definition) is 2. The minimum absolute atomic E-state index is 0.126. The highest BCUT2D eigenvalue weighted by Gasteiger charge is 2.36. The van der Waals surface area contributed by atoms with Crippen LogP contribution in [0.4, 0.5) is 17.6 Å². The minimum atomic E-state index is -0.126. The molecule has 1 aliphatic carbocycles. The summed E-state index contributed by atoms with van der Waals surface area (Å²) in [5.41, 5.74) is 1.08. The molecule has 2 aromatic rings. The molecule has 3 heterocycles. The van der Waals surface area contributed by atoms with Crippen LogP contribution in [0.15, 0.2) is 18.3 Å². The molecule has 2 fully saturated rings. The van der Waals surface area contributed by atoms with Crippen LogP contribution in [0.3, 0.4) is 0 Å². The second-order valence-electron chi connectivity index (χ2n) is 7.59. The lowest BCUT2D eigenvalue weighted by Gasteiger charge is -2.30. The van der Waals surface area contributed by atoms with Gasteiger partial charge in [0.05, 0.1) is 5.60 Å². The van der Waals surface area contributed by atoms with Gasteiger partial charge in [-0.15, -0.1) is 0 Å². The Morgan fingerprint density at radius 3 is 2.88 bits per heavy atom. The van der Waals surface area contributed by atoms with Crippen molar-refractivity contribution in [2.45, 2.75) is 44.6 Å². The van der Waals surface area contributed by atoms with Gasteiger partial charge >= 0.3 is 0 Å². The van der Waals surface area contributed by atoms with E-state index in [0.717, 1.165) is 37.1 Å². The maximum Gasteiger partial charge on any atom is 0.227 e. The van der Waals surface area contributed by atoms with Gasteiger partial charge in [-0.25, -0.2) is 4.98 Å². The summed E-state index contributed by atoms with van der Waals surface area (Å²) in [7, 11) is 1.78. The second-order valence-corrected chi connectivity index (χ2v) is 7.59. The van der Waals surface area contributed by atoms with Crippen LogP contribution in [0.2, 0.25) is 0 Å². The number of anilines is 3. The zero-order chi connectivity index (χ0) is 17.4. The maximum atomic E-state index is 5.64. The Hall–Kier alpha value is -2.15. The van der Waals surface area contributed by atoms with Gasteiger partial charge in [-0.05, 0) is 39.2 Å². The van der Waals surface area contributed by atoms with Crippen LogP contribution in [0, 0.1) is 5.92 Å². The molecule has 2 aromatic heterocycles. The molecule has 1 atom stereocenters. The summed E-state index contributed by atoms with van der Waals surface area (Å²) in [5.74, 6) is 3.48. The zero-order valence-electron chi connectivity index (χ0n) is 15.1. The Kier molecular flexibility index (Phi) is 4.11. The molecule has 1 saturated heterocycles. The number of aromatic amines is 1. The zero-order valence-corrected chi connectivity index (χ0v) is 15.1. The largest absolute Gasteiger partial charge is 0.378 e. The first-order chi connectivity index (χ1) is 12.0. The lowest BCUT2D eigenvalue weighted by molar-refractivity contribution is -0.0206. The van der Waals surface area contributed by atoms with Gasteiger partial charge < -0.3 is 15.0 Å². The van der Waals surface area contributed by atoms with Crippen LogP contribution in [-0.4, -0.2) is 46.0 Å². The number of hydrogen-bond acceptors (Lipinski definition) is 6. The first kappa shape index (κ1) is 16.3. The lowest BCUT2D eigenvalue weighted by atomic mass is 9.90. The van der Waals surface area contributed by atoms with Crippen LogP contribution in [0.1, 0.15) is 44.7 Å². The third-order valence-electron chi connectivity index (χ3n) is 5.49. The Morgan fingerprint density at radius 1 is 1.28 bits per heavy atom. The quantitative estimate of drug-likeness (QED) is 0.840. The van der Waals surface area contributed by atoms with E-state index in [0.29, 0.717) is 11.8 Å². The molecule has 0 bridgehead atoms. The Morgan fingerprint density at radius 2 is 2.12 bits per heavy atom. The van der Waals surface area contributed by atoms with Crippen molar-refractivity contribution in [1.82, 2.24) is 20.2 Å². The number of nitrogens with one attached hydrogen (secondary N) is 2. The third-order valence-corrected chi connectivity index (χ3v) is 5.49. The van der Waals surface area contributed by atoms with Gasteiger partial charge in [-0.3, -0.25) is 5.10 Å². The van der Waals surface area contributed by atoms with E-state index >= 15 is 0 Å². The van der Waals surface area contributed by atoms with Crippen LogP contribution in [-0.2, 0) is 4.74 Å². The van der Waals surface area contributed by atoms with Gasteiger partial charge in [-0.1, -0.05) is 0 Å². The predicted octanol–water partition coefficient (Wildman–Crippen LogP) is 3.07. The van der Waals surface area contributed by atoms with Gasteiger partial charge in [0.25, 0.3) is 0 Å². The number of ether oxygens (including phenoxy) is 1. The highest BCUT2D eigenvalue weighted by molar-refractivity contribution is 5.53. The van der Waals surface area contributed by atoms with E-state index in [9.17, 15) is 0 Å². The van der Waals surface area contributed by atoms with Crippen molar-refractivity contribution in [3.05, 3.63) is 24.0 Å². The highest BCUT2D eigenvalue weighted by atomic mass is 16.5. The molecule has 0 radical (unpaired) electrons. The van der Waals surface area contributed by atoms with E-state index in [4.69, 9.17) is 4.74 Å². The molecule has 7 heteroatoms. The second kappa shape index (κ2) is 6.29. The molecule has 1 saturated carbocycles. The summed E-state index contributed by atoms with van der Waals surface area (Å²) in [6, 6.07) is 3.95. The van der Waals surface area contributed by atoms with Crippen LogP contribution in [0.25, 0.3) is 0 Å². The molecule has 7 nitrogen and oxygen atoms in total. The third kappa shape index (κ3) is 3.46. The average molecular weight is 342 g/mol. The fourth-order valence-electron chi connectivity index (χ4n) is 3.38. The standard InChI is InChI=1S/C18H26N6O/c1-18(2,25-3)13-7-9-24(11-13)17-19-8-6-15(21-17)20-16-10-14(22-23-16)12-4-5-12/h6,8,10,12-13H,4-5,7,9,11H2,1-3H3,(H2,19,20,21,22,23)/t13-/m0/s1. The summed E-state index contributed by atoms with van der Waals surface area (Å²) in [6.07, 6.45) is 5.40. The number of rotatable bonds is 6. The van der Waals surface area contributed by atoms with Crippen molar-refractivity contribution in [1.29, 1.82) is 0 Å². The molecule has 1 aliphatic heterocycles. The van der Waals surface area contributed by atoms with E-state index in [1.54, 1.807) is 13.3 Å².